The van der Waals surface area contributed by atoms with E-state index >= 15 is 0 Å². The summed E-state index contributed by atoms with van der Waals surface area (Å²) in [5.41, 5.74) is 0. The van der Waals surface area contributed by atoms with Gasteiger partial charge in [0.25, 0.3) is 0 Å². The van der Waals surface area contributed by atoms with Crippen LogP contribution in [0.4, 0.5) is 0 Å². The van der Waals surface area contributed by atoms with Crippen LogP contribution < -0.4 is 0 Å². The van der Waals surface area contributed by atoms with Crippen LogP contribution in [0, 0.1) is 0 Å². The Hall–Kier alpha value is -0.543. The van der Waals surface area contributed by atoms with E-state index in [1.165, 1.54) is 4.53 Å². The summed E-state index contributed by atoms with van der Waals surface area (Å²) in [6, 6.07) is 6.05. The van der Waals surface area contributed by atoms with Crippen LogP contribution >= 0.6 is 11.8 Å². The lowest BCUT2D eigenvalue weighted by molar-refractivity contribution is 1.14. The smallest absolute Gasteiger partial charge is 0.1000 e. The summed E-state index contributed by atoms with van der Waals surface area (Å²) < 4.78 is 1.50. The van der Waals surface area contributed by atoms with Gasteiger partial charge >= 0.3 is 0 Å². The molecule has 1 nitrogen and oxygen atoms in total. The van der Waals surface area contributed by atoms with Gasteiger partial charge in [-0.3, -0.25) is 0 Å². The highest BCUT2D eigenvalue weighted by Gasteiger charge is 2.19. The van der Waals surface area contributed by atoms with Gasteiger partial charge in [-0.1, -0.05) is 43.5 Å². The SMILES string of the molecule is C/C=C(/Sc1ccccn1)[Si](C)(C)C. The maximum Gasteiger partial charge on any atom is 0.1000 e. The van der Waals surface area contributed by atoms with E-state index in [0.29, 0.717) is 0 Å². The van der Waals surface area contributed by atoms with Crippen molar-refractivity contribution in [2.24, 2.45) is 0 Å². The molecule has 1 aromatic heterocycles. The van der Waals surface area contributed by atoms with Crippen molar-refractivity contribution in [2.45, 2.75) is 31.6 Å². The molecule has 14 heavy (non-hydrogen) atoms. The molecule has 0 spiro atoms. The van der Waals surface area contributed by atoms with Gasteiger partial charge in [0.05, 0.1) is 13.1 Å². The molecule has 0 atom stereocenters. The zero-order chi connectivity index (χ0) is 10.6. The van der Waals surface area contributed by atoms with Crippen molar-refractivity contribution in [2.75, 3.05) is 0 Å². The Morgan fingerprint density at radius 2 is 2.07 bits per heavy atom. The van der Waals surface area contributed by atoms with Gasteiger partial charge in [0.2, 0.25) is 0 Å². The van der Waals surface area contributed by atoms with Gasteiger partial charge in [0, 0.05) is 6.20 Å². The Balaban J connectivity index is 2.78. The number of thioether (sulfide) groups is 1. The molecule has 0 unspecified atom stereocenters. The molecule has 0 N–H and O–H groups in total. The predicted octanol–water partition coefficient (Wildman–Crippen LogP) is 3.95. The fourth-order valence-electron chi connectivity index (χ4n) is 1.17. The summed E-state index contributed by atoms with van der Waals surface area (Å²) in [5.74, 6) is 0. The summed E-state index contributed by atoms with van der Waals surface area (Å²) >= 11 is 1.81. The second-order valence-electron chi connectivity index (χ2n) is 4.17. The number of rotatable bonds is 3. The van der Waals surface area contributed by atoms with Gasteiger partial charge in [-0.05, 0) is 23.6 Å². The first-order valence-electron chi connectivity index (χ1n) is 4.79. The summed E-state index contributed by atoms with van der Waals surface area (Å²) in [6.45, 7) is 9.19. The highest BCUT2D eigenvalue weighted by molar-refractivity contribution is 8.05. The molecular weight excluding hydrogens is 206 g/mol. The molecule has 0 aliphatic rings. The lowest BCUT2D eigenvalue weighted by Crippen LogP contribution is -2.21. The summed E-state index contributed by atoms with van der Waals surface area (Å²) in [7, 11) is -1.19. The van der Waals surface area contributed by atoms with E-state index < -0.39 is 8.07 Å². The number of aromatic nitrogens is 1. The molecule has 1 aromatic rings. The van der Waals surface area contributed by atoms with E-state index in [1.807, 2.05) is 30.1 Å². The van der Waals surface area contributed by atoms with E-state index in [2.05, 4.69) is 43.7 Å². The minimum absolute atomic E-state index is 1.10. The Bertz CT molecular complexity index is 314. The maximum absolute atomic E-state index is 4.32. The fourth-order valence-corrected chi connectivity index (χ4v) is 4.17. The topological polar surface area (TPSA) is 12.9 Å². The van der Waals surface area contributed by atoms with E-state index in [1.54, 1.807) is 0 Å². The molecule has 0 aromatic carbocycles. The van der Waals surface area contributed by atoms with Crippen LogP contribution in [0.5, 0.6) is 0 Å². The van der Waals surface area contributed by atoms with Gasteiger partial charge in [-0.2, -0.15) is 0 Å². The zero-order valence-electron chi connectivity index (χ0n) is 9.24. The highest BCUT2D eigenvalue weighted by atomic mass is 32.2. The van der Waals surface area contributed by atoms with E-state index in [0.717, 1.165) is 5.03 Å². The third-order valence-electron chi connectivity index (χ3n) is 1.85. The minimum atomic E-state index is -1.19. The second kappa shape index (κ2) is 4.80. The van der Waals surface area contributed by atoms with Crippen molar-refractivity contribution in [1.29, 1.82) is 0 Å². The van der Waals surface area contributed by atoms with Crippen LogP contribution in [0.1, 0.15) is 6.92 Å². The van der Waals surface area contributed by atoms with Crippen LogP contribution in [0.25, 0.3) is 0 Å². The molecule has 3 heteroatoms. The normalized spacial score (nSPS) is 13.0. The molecular formula is C11H17NSSi. The molecule has 0 aliphatic carbocycles. The van der Waals surface area contributed by atoms with Gasteiger partial charge in [0.1, 0.15) is 0 Å². The minimum Gasteiger partial charge on any atom is -0.250 e. The van der Waals surface area contributed by atoms with Gasteiger partial charge in [0.15, 0.2) is 0 Å². The molecule has 0 radical (unpaired) electrons. The first-order chi connectivity index (χ1) is 6.54. The van der Waals surface area contributed by atoms with Crippen LogP contribution in [0.2, 0.25) is 19.6 Å². The second-order valence-corrected chi connectivity index (χ2v) is 10.6. The Morgan fingerprint density at radius 1 is 1.36 bits per heavy atom. The lowest BCUT2D eigenvalue weighted by Gasteiger charge is -2.19. The number of pyridine rings is 1. The molecule has 0 aliphatic heterocycles. The molecule has 76 valence electrons. The predicted molar refractivity (Wildman–Crippen MR) is 67.2 cm³/mol. The van der Waals surface area contributed by atoms with Crippen LogP contribution in [0.15, 0.2) is 40.0 Å². The third kappa shape index (κ3) is 3.31. The first kappa shape index (κ1) is 11.5. The largest absolute Gasteiger partial charge is 0.250 e. The number of hydrogen-bond donors (Lipinski definition) is 0. The lowest BCUT2D eigenvalue weighted by atomic mass is 10.5. The van der Waals surface area contributed by atoms with Crippen LogP contribution in [-0.4, -0.2) is 13.1 Å². The number of allylic oxidation sites excluding steroid dienone is 1. The maximum atomic E-state index is 4.32. The first-order valence-corrected chi connectivity index (χ1v) is 9.11. The van der Waals surface area contributed by atoms with Gasteiger partial charge in [-0.15, -0.1) is 0 Å². The molecule has 0 fully saturated rings. The van der Waals surface area contributed by atoms with Crippen molar-refractivity contribution < 1.29 is 0 Å². The number of nitrogens with zero attached hydrogens (tertiary/aromatic N) is 1. The molecule has 0 saturated heterocycles. The zero-order valence-corrected chi connectivity index (χ0v) is 11.1. The quantitative estimate of drug-likeness (QED) is 0.568. The van der Waals surface area contributed by atoms with E-state index in [-0.39, 0.29) is 0 Å². The van der Waals surface area contributed by atoms with Crippen molar-refractivity contribution >= 4 is 19.8 Å². The fraction of sp³-hybridized carbons (Fsp3) is 0.364. The van der Waals surface area contributed by atoms with E-state index in [4.69, 9.17) is 0 Å². The summed E-state index contributed by atoms with van der Waals surface area (Å²) in [6.07, 6.45) is 4.07. The van der Waals surface area contributed by atoms with E-state index in [9.17, 15) is 0 Å². The monoisotopic (exact) mass is 223 g/mol. The number of hydrogen-bond acceptors (Lipinski definition) is 2. The Morgan fingerprint density at radius 3 is 2.50 bits per heavy atom. The summed E-state index contributed by atoms with van der Waals surface area (Å²) in [4.78, 5) is 4.32. The molecule has 1 rings (SSSR count). The van der Waals surface area contributed by atoms with Gasteiger partial charge in [-0.25, -0.2) is 4.98 Å². The van der Waals surface area contributed by atoms with Crippen LogP contribution in [-0.2, 0) is 0 Å². The average molecular weight is 223 g/mol. The van der Waals surface area contributed by atoms with Crippen molar-refractivity contribution in [3.63, 3.8) is 0 Å². The highest BCUT2D eigenvalue weighted by Crippen LogP contribution is 2.31. The third-order valence-corrected chi connectivity index (χ3v) is 6.67. The standard InChI is InChI=1S/C11H17NSSi/c1-5-11(14(2,3)4)13-10-8-6-7-9-12-10/h5-9H,1-4H3/b11-5-. The average Bonchev–Trinajstić information content (AvgIpc) is 2.14. The molecule has 1 heterocycles. The van der Waals surface area contributed by atoms with Crippen molar-refractivity contribution in [3.8, 4) is 0 Å². The van der Waals surface area contributed by atoms with Crippen LogP contribution in [0.3, 0.4) is 0 Å². The molecule has 0 amide bonds. The van der Waals surface area contributed by atoms with Crippen molar-refractivity contribution in [3.05, 3.63) is 35.0 Å². The Kier molecular flexibility index (Phi) is 3.95. The Labute approximate surface area is 91.7 Å². The molecule has 0 saturated carbocycles. The van der Waals surface area contributed by atoms with Crippen molar-refractivity contribution in [1.82, 2.24) is 4.98 Å². The van der Waals surface area contributed by atoms with Gasteiger partial charge < -0.3 is 0 Å². The molecule has 0 bridgehead atoms. The summed E-state index contributed by atoms with van der Waals surface area (Å²) in [5, 5.41) is 1.10.